The first-order chi connectivity index (χ1) is 10.3. The molecule has 104 valence electrons. The van der Waals surface area contributed by atoms with Gasteiger partial charge in [-0.25, -0.2) is 5.43 Å². The van der Waals surface area contributed by atoms with Crippen molar-refractivity contribution in [2.45, 2.75) is 0 Å². The van der Waals surface area contributed by atoms with Gasteiger partial charge in [-0.15, -0.1) is 0 Å². The van der Waals surface area contributed by atoms with Crippen LogP contribution in [0.3, 0.4) is 0 Å². The number of carbonyl (C=O) groups excluding carboxylic acids is 1. The van der Waals surface area contributed by atoms with Crippen LogP contribution in [0.5, 0.6) is 0 Å². The minimum absolute atomic E-state index is 0.137. The molecular formula is C15H10N2O4. The first-order valence-electron chi connectivity index (χ1n) is 6.13. The average Bonchev–Trinajstić information content (AvgIpc) is 3.04. The molecule has 1 N–H and O–H groups in total. The van der Waals surface area contributed by atoms with Crippen LogP contribution >= 0.6 is 0 Å². The van der Waals surface area contributed by atoms with Crippen LogP contribution in [-0.4, -0.2) is 12.1 Å². The number of hydrogen-bond donors (Lipinski definition) is 1. The molecule has 0 unspecified atom stereocenters. The Morgan fingerprint density at radius 2 is 2.00 bits per heavy atom. The van der Waals surface area contributed by atoms with Gasteiger partial charge in [0.1, 0.15) is 11.8 Å². The molecule has 2 heterocycles. The van der Waals surface area contributed by atoms with E-state index < -0.39 is 5.91 Å². The number of nitrogens with zero attached hydrogens (tertiary/aromatic N) is 1. The largest absolute Gasteiger partial charge is 0.463 e. The van der Waals surface area contributed by atoms with Gasteiger partial charge in [0.2, 0.25) is 5.43 Å². The molecule has 2 aromatic heterocycles. The molecule has 6 nitrogen and oxygen atoms in total. The van der Waals surface area contributed by atoms with Crippen LogP contribution in [0.25, 0.3) is 11.0 Å². The number of rotatable bonds is 3. The van der Waals surface area contributed by atoms with Crippen LogP contribution in [0, 0.1) is 0 Å². The maximum absolute atomic E-state index is 12.2. The van der Waals surface area contributed by atoms with E-state index in [-0.39, 0.29) is 16.8 Å². The second-order valence-electron chi connectivity index (χ2n) is 4.19. The summed E-state index contributed by atoms with van der Waals surface area (Å²) in [4.78, 5) is 23.7. The van der Waals surface area contributed by atoms with Gasteiger partial charge in [-0.2, -0.15) is 5.10 Å². The zero-order valence-corrected chi connectivity index (χ0v) is 10.8. The molecule has 0 aliphatic heterocycles. The van der Waals surface area contributed by atoms with E-state index in [9.17, 15) is 9.59 Å². The van der Waals surface area contributed by atoms with Crippen LogP contribution in [0.1, 0.15) is 16.1 Å². The lowest BCUT2D eigenvalue weighted by atomic mass is 10.2. The number of carbonyl (C=O) groups is 1. The molecule has 1 aromatic carbocycles. The number of hydrazone groups is 1. The van der Waals surface area contributed by atoms with Crippen LogP contribution in [0.15, 0.2) is 67.7 Å². The third-order valence-corrected chi connectivity index (χ3v) is 2.82. The molecule has 0 aliphatic carbocycles. The number of fused-ring (bicyclic) bond motifs is 1. The van der Waals surface area contributed by atoms with E-state index in [1.165, 1.54) is 24.8 Å². The first kappa shape index (κ1) is 12.9. The third kappa shape index (κ3) is 2.59. The third-order valence-electron chi connectivity index (χ3n) is 2.82. The molecule has 0 saturated carbocycles. The first-order valence-corrected chi connectivity index (χ1v) is 6.13. The fourth-order valence-electron chi connectivity index (χ4n) is 1.81. The molecule has 0 atom stereocenters. The fraction of sp³-hybridized carbons (Fsp3) is 0. The number of amides is 1. The Morgan fingerprint density at radius 3 is 2.81 bits per heavy atom. The van der Waals surface area contributed by atoms with Crippen molar-refractivity contribution in [2.24, 2.45) is 5.10 Å². The predicted octanol–water partition coefficient (Wildman–Crippen LogP) is 2.15. The number of hydrogen-bond acceptors (Lipinski definition) is 5. The molecule has 21 heavy (non-hydrogen) atoms. The Bertz CT molecular complexity index is 863. The van der Waals surface area contributed by atoms with Crippen molar-refractivity contribution < 1.29 is 13.6 Å². The molecule has 0 bridgehead atoms. The summed E-state index contributed by atoms with van der Waals surface area (Å²) in [5.41, 5.74) is 2.79. The Hall–Kier alpha value is -3.15. The number of benzene rings is 1. The van der Waals surface area contributed by atoms with Gasteiger partial charge < -0.3 is 8.83 Å². The molecule has 1 amide bonds. The highest BCUT2D eigenvalue weighted by molar-refractivity contribution is 5.92. The van der Waals surface area contributed by atoms with Crippen LogP contribution in [-0.2, 0) is 0 Å². The van der Waals surface area contributed by atoms with Gasteiger partial charge in [0, 0.05) is 0 Å². The normalized spacial score (nSPS) is 11.0. The van der Waals surface area contributed by atoms with Gasteiger partial charge in [0.05, 0.1) is 23.4 Å². The van der Waals surface area contributed by atoms with E-state index in [1.54, 1.807) is 30.3 Å². The molecule has 0 radical (unpaired) electrons. The minimum atomic E-state index is -0.499. The summed E-state index contributed by atoms with van der Waals surface area (Å²) in [6.45, 7) is 0. The van der Waals surface area contributed by atoms with Crippen molar-refractivity contribution in [1.29, 1.82) is 0 Å². The molecule has 0 saturated heterocycles. The molecule has 0 aliphatic rings. The standard InChI is InChI=1S/C15H10N2O4/c18-14-10(9-21-12-5-2-1-4-11(12)14)8-16-17-15(19)13-6-3-7-20-13/h1-9H,(H,17,19)/b16-8+. The van der Waals surface area contributed by atoms with Crippen molar-refractivity contribution >= 4 is 23.1 Å². The van der Waals surface area contributed by atoms with Gasteiger partial charge in [0.25, 0.3) is 0 Å². The summed E-state index contributed by atoms with van der Waals surface area (Å²) in [6, 6.07) is 10.0. The summed E-state index contributed by atoms with van der Waals surface area (Å²) in [6.07, 6.45) is 3.92. The van der Waals surface area contributed by atoms with E-state index in [0.29, 0.717) is 11.0 Å². The topological polar surface area (TPSA) is 84.8 Å². The maximum atomic E-state index is 12.2. The van der Waals surface area contributed by atoms with Gasteiger partial charge in [-0.1, -0.05) is 12.1 Å². The van der Waals surface area contributed by atoms with Crippen molar-refractivity contribution in [3.8, 4) is 0 Å². The van der Waals surface area contributed by atoms with Crippen molar-refractivity contribution in [1.82, 2.24) is 5.43 Å². The van der Waals surface area contributed by atoms with Crippen LogP contribution in [0.2, 0.25) is 0 Å². The van der Waals surface area contributed by atoms with E-state index >= 15 is 0 Å². The van der Waals surface area contributed by atoms with Gasteiger partial charge in [-0.3, -0.25) is 9.59 Å². The van der Waals surface area contributed by atoms with Crippen molar-refractivity contribution in [2.75, 3.05) is 0 Å². The highest BCUT2D eigenvalue weighted by Gasteiger charge is 2.07. The average molecular weight is 282 g/mol. The zero-order valence-electron chi connectivity index (χ0n) is 10.8. The molecule has 3 rings (SSSR count). The monoisotopic (exact) mass is 282 g/mol. The van der Waals surface area contributed by atoms with E-state index in [1.807, 2.05) is 0 Å². The zero-order chi connectivity index (χ0) is 14.7. The highest BCUT2D eigenvalue weighted by Crippen LogP contribution is 2.09. The summed E-state index contributed by atoms with van der Waals surface area (Å²) < 4.78 is 10.2. The van der Waals surface area contributed by atoms with Gasteiger partial charge >= 0.3 is 5.91 Å². The lowest BCUT2D eigenvalue weighted by molar-refractivity contribution is 0.0927. The summed E-state index contributed by atoms with van der Waals surface area (Å²) in [7, 11) is 0. The van der Waals surface area contributed by atoms with Crippen molar-refractivity contribution in [3.05, 3.63) is 70.5 Å². The summed E-state index contributed by atoms with van der Waals surface area (Å²) in [5, 5.41) is 4.18. The quantitative estimate of drug-likeness (QED) is 0.589. The fourth-order valence-corrected chi connectivity index (χ4v) is 1.81. The summed E-state index contributed by atoms with van der Waals surface area (Å²) in [5.74, 6) is -0.362. The van der Waals surface area contributed by atoms with Crippen LogP contribution < -0.4 is 10.9 Å². The number of furan rings is 1. The SMILES string of the molecule is O=C(N/N=C/c1coc2ccccc2c1=O)c1ccco1. The van der Waals surface area contributed by atoms with Crippen molar-refractivity contribution in [3.63, 3.8) is 0 Å². The van der Waals surface area contributed by atoms with Crippen LogP contribution in [0.4, 0.5) is 0 Å². The number of nitrogens with one attached hydrogen (secondary N) is 1. The molecular weight excluding hydrogens is 272 g/mol. The molecule has 0 fully saturated rings. The van der Waals surface area contributed by atoms with Gasteiger partial charge in [-0.05, 0) is 24.3 Å². The molecule has 6 heteroatoms. The van der Waals surface area contributed by atoms with E-state index in [0.717, 1.165) is 0 Å². The Kier molecular flexibility index (Phi) is 3.34. The highest BCUT2D eigenvalue weighted by atomic mass is 16.3. The second kappa shape index (κ2) is 5.46. The molecule has 3 aromatic rings. The number of para-hydroxylation sites is 1. The lowest BCUT2D eigenvalue weighted by Gasteiger charge is -1.98. The summed E-state index contributed by atoms with van der Waals surface area (Å²) >= 11 is 0. The Morgan fingerprint density at radius 1 is 1.14 bits per heavy atom. The maximum Gasteiger partial charge on any atom is 0.307 e. The van der Waals surface area contributed by atoms with Gasteiger partial charge in [0.15, 0.2) is 5.76 Å². The van der Waals surface area contributed by atoms with E-state index in [4.69, 9.17) is 8.83 Å². The second-order valence-corrected chi connectivity index (χ2v) is 4.19. The Labute approximate surface area is 118 Å². The predicted molar refractivity (Wildman–Crippen MR) is 76.3 cm³/mol. The smallest absolute Gasteiger partial charge is 0.307 e. The Balaban J connectivity index is 1.82. The minimum Gasteiger partial charge on any atom is -0.463 e. The molecule has 0 spiro atoms. The van der Waals surface area contributed by atoms with E-state index in [2.05, 4.69) is 10.5 Å². The lowest BCUT2D eigenvalue weighted by Crippen LogP contribution is -2.18.